The number of rotatable bonds is 5. The molecular weight excluding hydrogens is 441 g/mol. The lowest BCUT2D eigenvalue weighted by atomic mass is 9.91. The second-order valence-corrected chi connectivity index (χ2v) is 10.3. The zero-order chi connectivity index (χ0) is 23.1. The number of likely N-dealkylation sites (tertiary alicyclic amines) is 1. The number of thiophene rings is 1. The van der Waals surface area contributed by atoms with Crippen LogP contribution in [0.3, 0.4) is 0 Å². The summed E-state index contributed by atoms with van der Waals surface area (Å²) in [7, 11) is 0. The summed E-state index contributed by atoms with van der Waals surface area (Å²) >= 11 is 1.71. The molecule has 174 valence electrons. The Balaban J connectivity index is 1.23. The highest BCUT2D eigenvalue weighted by Crippen LogP contribution is 2.35. The molecule has 3 aromatic rings. The monoisotopic (exact) mass is 469 g/mol. The summed E-state index contributed by atoms with van der Waals surface area (Å²) in [5.74, 6) is 0.223. The van der Waals surface area contributed by atoms with Crippen LogP contribution in [0, 0.1) is 5.82 Å². The minimum atomic E-state index is -0.311. The number of benzene rings is 1. The van der Waals surface area contributed by atoms with Crippen molar-refractivity contribution < 1.29 is 18.5 Å². The molecule has 0 atom stereocenters. The van der Waals surface area contributed by atoms with Crippen LogP contribution >= 0.6 is 11.3 Å². The summed E-state index contributed by atoms with van der Waals surface area (Å²) in [4.78, 5) is 30.9. The first-order valence-electron chi connectivity index (χ1n) is 11.6. The third kappa shape index (κ3) is 4.34. The van der Waals surface area contributed by atoms with Crippen LogP contribution in [0.1, 0.15) is 64.0 Å². The molecule has 1 fully saturated rings. The van der Waals surface area contributed by atoms with Crippen molar-refractivity contribution >= 4 is 34.0 Å². The molecule has 1 aromatic carbocycles. The number of carbonyl (C=O) groups is 2. The third-order valence-corrected chi connectivity index (χ3v) is 8.30. The quantitative estimate of drug-likeness (QED) is 0.513. The number of aromatic nitrogens is 1. The van der Waals surface area contributed by atoms with E-state index in [1.807, 2.05) is 4.90 Å². The van der Waals surface area contributed by atoms with Crippen molar-refractivity contribution in [2.45, 2.75) is 52.0 Å². The summed E-state index contributed by atoms with van der Waals surface area (Å²) in [6.45, 7) is 7.40. The average molecular weight is 470 g/mol. The van der Waals surface area contributed by atoms with Crippen LogP contribution in [0.5, 0.6) is 0 Å². The van der Waals surface area contributed by atoms with Crippen molar-refractivity contribution in [3.05, 3.63) is 50.6 Å². The topological polar surface area (TPSA) is 66.7 Å². The second-order valence-electron chi connectivity index (χ2n) is 9.12. The van der Waals surface area contributed by atoms with Crippen molar-refractivity contribution in [3.63, 3.8) is 0 Å². The number of ketones is 1. The van der Waals surface area contributed by atoms with Gasteiger partial charge in [0.05, 0.1) is 12.2 Å². The molecule has 33 heavy (non-hydrogen) atoms. The normalized spacial score (nSPS) is 17.5. The number of nitrogens with zero attached hydrogens (tertiary/aromatic N) is 3. The minimum absolute atomic E-state index is 0.0906. The first-order valence-corrected chi connectivity index (χ1v) is 12.4. The van der Waals surface area contributed by atoms with Crippen LogP contribution in [-0.4, -0.2) is 52.8 Å². The van der Waals surface area contributed by atoms with E-state index in [1.165, 1.54) is 17.0 Å². The fourth-order valence-corrected chi connectivity index (χ4v) is 6.64. The molecule has 0 radical (unpaired) electrons. The van der Waals surface area contributed by atoms with Gasteiger partial charge in [0.25, 0.3) is 0 Å². The summed E-state index contributed by atoms with van der Waals surface area (Å²) in [5, 5.41) is 5.15. The SMILES string of the molecule is CC(=O)c1c(CCN2CCC(c3noc4cc(F)ccc34)CC2)sc2c1CCN(C(C)=O)C2. The second kappa shape index (κ2) is 8.99. The molecule has 1 amide bonds. The first kappa shape index (κ1) is 22.2. The maximum Gasteiger partial charge on any atom is 0.219 e. The first-order chi connectivity index (χ1) is 15.9. The molecule has 2 aliphatic heterocycles. The molecule has 6 nitrogen and oxygen atoms in total. The van der Waals surface area contributed by atoms with E-state index in [1.54, 1.807) is 31.3 Å². The van der Waals surface area contributed by atoms with Crippen molar-refractivity contribution in [2.24, 2.45) is 0 Å². The Morgan fingerprint density at radius 2 is 2.00 bits per heavy atom. The number of fused-ring (bicyclic) bond motifs is 2. The van der Waals surface area contributed by atoms with Crippen molar-refractivity contribution in [3.8, 4) is 0 Å². The maximum absolute atomic E-state index is 13.4. The number of hydrogen-bond acceptors (Lipinski definition) is 6. The number of piperidine rings is 1. The van der Waals surface area contributed by atoms with E-state index in [9.17, 15) is 14.0 Å². The fourth-order valence-electron chi connectivity index (χ4n) is 5.23. The highest BCUT2D eigenvalue weighted by molar-refractivity contribution is 7.12. The Bertz CT molecular complexity index is 1210. The Morgan fingerprint density at radius 3 is 2.73 bits per heavy atom. The molecule has 0 spiro atoms. The summed E-state index contributed by atoms with van der Waals surface area (Å²) in [6.07, 6.45) is 3.57. The average Bonchev–Trinajstić information content (AvgIpc) is 3.38. The van der Waals surface area contributed by atoms with E-state index in [-0.39, 0.29) is 17.5 Å². The molecule has 4 heterocycles. The Hall–Kier alpha value is -2.58. The zero-order valence-electron chi connectivity index (χ0n) is 19.0. The third-order valence-electron chi connectivity index (χ3n) is 7.02. The van der Waals surface area contributed by atoms with Crippen molar-refractivity contribution in [1.82, 2.24) is 15.0 Å². The predicted octanol–water partition coefficient (Wildman–Crippen LogP) is 4.56. The highest BCUT2D eigenvalue weighted by atomic mass is 32.1. The van der Waals surface area contributed by atoms with E-state index in [0.29, 0.717) is 24.6 Å². The summed E-state index contributed by atoms with van der Waals surface area (Å²) in [5.41, 5.74) is 3.50. The predicted molar refractivity (Wildman–Crippen MR) is 125 cm³/mol. The lowest BCUT2D eigenvalue weighted by Crippen LogP contribution is -2.34. The van der Waals surface area contributed by atoms with Gasteiger partial charge in [-0.05, 0) is 63.4 Å². The summed E-state index contributed by atoms with van der Waals surface area (Å²) in [6, 6.07) is 4.61. The van der Waals surface area contributed by atoms with E-state index < -0.39 is 0 Å². The molecular formula is C25H28FN3O3S. The molecule has 0 N–H and O–H groups in total. The molecule has 0 saturated carbocycles. The van der Waals surface area contributed by atoms with Gasteiger partial charge in [-0.1, -0.05) is 5.16 Å². The van der Waals surface area contributed by atoms with E-state index in [2.05, 4.69) is 10.1 Å². The number of hydrogen-bond donors (Lipinski definition) is 0. The van der Waals surface area contributed by atoms with Crippen LogP contribution < -0.4 is 0 Å². The van der Waals surface area contributed by atoms with Gasteiger partial charge in [-0.15, -0.1) is 11.3 Å². The van der Waals surface area contributed by atoms with E-state index in [4.69, 9.17) is 4.52 Å². The highest BCUT2D eigenvalue weighted by Gasteiger charge is 2.29. The van der Waals surface area contributed by atoms with Gasteiger partial charge in [0.1, 0.15) is 5.82 Å². The molecule has 5 rings (SSSR count). The lowest BCUT2D eigenvalue weighted by Gasteiger charge is -2.31. The Kier molecular flexibility index (Phi) is 6.05. The standard InChI is InChI=1S/C25H28FN3O3S/c1-15(30)24-20-7-12-29(16(2)31)14-23(20)33-22(24)8-11-28-9-5-17(6-10-28)25-19-4-3-18(26)13-21(19)32-27-25/h3-4,13,17H,5-12,14H2,1-2H3. The van der Waals surface area contributed by atoms with Crippen LogP contribution in [0.15, 0.2) is 22.7 Å². The Morgan fingerprint density at radius 1 is 1.21 bits per heavy atom. The van der Waals surface area contributed by atoms with Gasteiger partial charge < -0.3 is 14.3 Å². The molecule has 2 aromatic heterocycles. The van der Waals surface area contributed by atoms with Crippen molar-refractivity contribution in [2.75, 3.05) is 26.2 Å². The van der Waals surface area contributed by atoms with Gasteiger partial charge in [0.15, 0.2) is 11.4 Å². The Labute approximate surface area is 196 Å². The van der Waals surface area contributed by atoms with Crippen LogP contribution in [0.25, 0.3) is 11.0 Å². The molecule has 0 unspecified atom stereocenters. The van der Waals surface area contributed by atoms with Gasteiger partial charge in [-0.2, -0.15) is 0 Å². The molecule has 8 heteroatoms. The number of halogens is 1. The van der Waals surface area contributed by atoms with Crippen LogP contribution in [0.4, 0.5) is 4.39 Å². The zero-order valence-corrected chi connectivity index (χ0v) is 19.8. The largest absolute Gasteiger partial charge is 0.356 e. The van der Waals surface area contributed by atoms with Crippen molar-refractivity contribution in [1.29, 1.82) is 0 Å². The lowest BCUT2D eigenvalue weighted by molar-refractivity contribution is -0.129. The van der Waals surface area contributed by atoms with Crippen LogP contribution in [-0.2, 0) is 24.2 Å². The van der Waals surface area contributed by atoms with Gasteiger partial charge in [0, 0.05) is 52.7 Å². The van der Waals surface area contributed by atoms with Gasteiger partial charge in [0.2, 0.25) is 5.91 Å². The number of amides is 1. The number of carbonyl (C=O) groups excluding carboxylic acids is 2. The van der Waals surface area contributed by atoms with Gasteiger partial charge >= 0.3 is 0 Å². The molecule has 2 aliphatic rings. The van der Waals surface area contributed by atoms with Gasteiger partial charge in [-0.3, -0.25) is 9.59 Å². The molecule has 1 saturated heterocycles. The maximum atomic E-state index is 13.4. The van der Waals surface area contributed by atoms with E-state index in [0.717, 1.165) is 72.4 Å². The number of Topliss-reactive ketones (excluding diaryl/α,β-unsaturated/α-hetero) is 1. The minimum Gasteiger partial charge on any atom is -0.356 e. The van der Waals surface area contributed by atoms with Gasteiger partial charge in [-0.25, -0.2) is 4.39 Å². The molecule has 0 aliphatic carbocycles. The van der Waals surface area contributed by atoms with E-state index >= 15 is 0 Å². The van der Waals surface area contributed by atoms with Crippen LogP contribution in [0.2, 0.25) is 0 Å². The smallest absolute Gasteiger partial charge is 0.219 e. The fraction of sp³-hybridized carbons (Fsp3) is 0.480. The summed E-state index contributed by atoms with van der Waals surface area (Å²) < 4.78 is 18.8. The molecule has 0 bridgehead atoms.